The van der Waals surface area contributed by atoms with Crippen LogP contribution in [0.1, 0.15) is 0 Å². The predicted molar refractivity (Wildman–Crippen MR) is 97.2 cm³/mol. The first-order valence-electron chi connectivity index (χ1n) is 7.38. The third-order valence-corrected chi connectivity index (χ3v) is 4.36. The number of amides is 1. The van der Waals surface area contributed by atoms with Crippen LogP contribution in [0.3, 0.4) is 0 Å². The van der Waals surface area contributed by atoms with Crippen molar-refractivity contribution in [2.75, 3.05) is 5.32 Å². The molecule has 0 aliphatic heterocycles. The number of nitrogens with one attached hydrogen (secondary N) is 1. The van der Waals surface area contributed by atoms with Gasteiger partial charge in [-0.15, -0.1) is 0 Å². The molecule has 8 nitrogen and oxygen atoms in total. The van der Waals surface area contributed by atoms with Crippen molar-refractivity contribution in [3.63, 3.8) is 0 Å². The fraction of sp³-hybridized carbons (Fsp3) is 0.200. The lowest BCUT2D eigenvalue weighted by Crippen LogP contribution is -2.28. The van der Waals surface area contributed by atoms with Crippen LogP contribution in [0.4, 0.5) is 14.5 Å². The zero-order chi connectivity index (χ0) is 19.7. The quantitative estimate of drug-likeness (QED) is 0.630. The molecule has 0 atom stereocenters. The van der Waals surface area contributed by atoms with Crippen LogP contribution in [0.15, 0.2) is 33.9 Å². The summed E-state index contributed by atoms with van der Waals surface area (Å²) in [7, 11) is 1.64. The molecule has 1 amide bonds. The van der Waals surface area contributed by atoms with Gasteiger partial charge in [0.15, 0.2) is 5.65 Å². The minimum Gasteiger partial charge on any atom is -0.433 e. The van der Waals surface area contributed by atoms with E-state index < -0.39 is 18.1 Å². The first-order valence-corrected chi connectivity index (χ1v) is 8.55. The number of ether oxygens (including phenoxy) is 1. The van der Waals surface area contributed by atoms with E-state index in [1.54, 1.807) is 7.05 Å². The van der Waals surface area contributed by atoms with E-state index >= 15 is 0 Å². The Hall–Kier alpha value is -2.53. The maximum absolute atomic E-state index is 12.5. The Kier molecular flexibility index (Phi) is 5.42. The molecule has 3 rings (SSSR count). The Morgan fingerprint density at radius 2 is 2.19 bits per heavy atom. The summed E-state index contributed by atoms with van der Waals surface area (Å²) in [5, 5.41) is 6.74. The fourth-order valence-corrected chi connectivity index (χ4v) is 3.18. The van der Waals surface area contributed by atoms with E-state index in [4.69, 9.17) is 11.6 Å². The van der Waals surface area contributed by atoms with Crippen LogP contribution < -0.4 is 15.6 Å². The molecular formula is C15H11BrClF2N5O3. The number of hydrogen-bond acceptors (Lipinski definition) is 5. The van der Waals surface area contributed by atoms with Gasteiger partial charge in [-0.1, -0.05) is 11.6 Å². The molecule has 2 heterocycles. The van der Waals surface area contributed by atoms with Crippen molar-refractivity contribution in [2.45, 2.75) is 13.2 Å². The molecule has 0 aliphatic rings. The SMILES string of the molecule is Cn1nc(Br)c2c(=O)n(CC(=O)Nc3ccc(OC(F)F)c(Cl)c3)cnc21. The topological polar surface area (TPSA) is 91.0 Å². The van der Waals surface area contributed by atoms with Crippen LogP contribution in [0.2, 0.25) is 5.02 Å². The highest BCUT2D eigenvalue weighted by atomic mass is 79.9. The monoisotopic (exact) mass is 461 g/mol. The Morgan fingerprint density at radius 1 is 1.44 bits per heavy atom. The second kappa shape index (κ2) is 7.61. The highest BCUT2D eigenvalue weighted by molar-refractivity contribution is 9.10. The molecule has 12 heteroatoms. The molecule has 3 aromatic rings. The largest absolute Gasteiger partial charge is 0.433 e. The second-order valence-electron chi connectivity index (χ2n) is 5.36. The van der Waals surface area contributed by atoms with Crippen molar-refractivity contribution < 1.29 is 18.3 Å². The standard InChI is InChI=1S/C15H11BrClF2N5O3/c1-23-13-11(12(16)22-23)14(26)24(6-20-13)5-10(25)21-7-2-3-9(8(17)4-7)27-15(18)19/h2-4,6,15H,5H2,1H3,(H,21,25). The van der Waals surface area contributed by atoms with E-state index in [9.17, 15) is 18.4 Å². The molecule has 0 bridgehead atoms. The molecule has 1 N–H and O–H groups in total. The van der Waals surface area contributed by atoms with E-state index in [0.717, 1.165) is 4.57 Å². The lowest BCUT2D eigenvalue weighted by molar-refractivity contribution is -0.116. The van der Waals surface area contributed by atoms with Crippen molar-refractivity contribution in [1.29, 1.82) is 0 Å². The summed E-state index contributed by atoms with van der Waals surface area (Å²) in [6.45, 7) is -3.32. The van der Waals surface area contributed by atoms with Crippen molar-refractivity contribution >= 4 is 50.2 Å². The Labute approximate surface area is 163 Å². The summed E-state index contributed by atoms with van der Waals surface area (Å²) in [5.74, 6) is -0.742. The predicted octanol–water partition coefficient (Wildman–Crippen LogP) is 2.79. The van der Waals surface area contributed by atoms with Crippen LogP contribution in [-0.2, 0) is 18.4 Å². The summed E-state index contributed by atoms with van der Waals surface area (Å²) >= 11 is 9.03. The number of benzene rings is 1. The number of aromatic nitrogens is 4. The summed E-state index contributed by atoms with van der Waals surface area (Å²) in [4.78, 5) is 28.8. The normalized spacial score (nSPS) is 11.2. The third kappa shape index (κ3) is 4.08. The molecule has 0 saturated carbocycles. The number of hydrogen-bond donors (Lipinski definition) is 1. The van der Waals surface area contributed by atoms with E-state index in [0.29, 0.717) is 10.3 Å². The summed E-state index contributed by atoms with van der Waals surface area (Å²) < 4.78 is 31.6. The van der Waals surface area contributed by atoms with Crippen LogP contribution in [0, 0.1) is 0 Å². The van der Waals surface area contributed by atoms with Gasteiger partial charge in [-0.05, 0) is 34.1 Å². The molecular weight excluding hydrogens is 452 g/mol. The van der Waals surface area contributed by atoms with E-state index in [-0.39, 0.29) is 28.4 Å². The van der Waals surface area contributed by atoms with Gasteiger partial charge in [-0.3, -0.25) is 14.2 Å². The number of nitrogens with zero attached hydrogens (tertiary/aromatic N) is 4. The van der Waals surface area contributed by atoms with Crippen LogP contribution >= 0.6 is 27.5 Å². The minimum atomic E-state index is -3.01. The number of carbonyl (C=O) groups excluding carboxylic acids is 1. The molecule has 0 unspecified atom stereocenters. The highest BCUT2D eigenvalue weighted by Gasteiger charge is 2.15. The second-order valence-corrected chi connectivity index (χ2v) is 6.52. The lowest BCUT2D eigenvalue weighted by Gasteiger charge is -2.10. The number of carbonyl (C=O) groups is 1. The number of alkyl halides is 2. The van der Waals surface area contributed by atoms with Gasteiger partial charge >= 0.3 is 6.61 Å². The average Bonchev–Trinajstić information content (AvgIpc) is 2.87. The lowest BCUT2D eigenvalue weighted by atomic mass is 10.3. The number of anilines is 1. The van der Waals surface area contributed by atoms with Crippen LogP contribution in [0.5, 0.6) is 5.75 Å². The van der Waals surface area contributed by atoms with Crippen molar-refractivity contribution in [3.8, 4) is 5.75 Å². The maximum atomic E-state index is 12.5. The average molecular weight is 463 g/mol. The first-order chi connectivity index (χ1) is 12.8. The van der Waals surface area contributed by atoms with Gasteiger partial charge < -0.3 is 10.1 Å². The maximum Gasteiger partial charge on any atom is 0.387 e. The number of halogens is 4. The number of aryl methyl sites for hydroxylation is 1. The molecule has 2 aromatic heterocycles. The van der Waals surface area contributed by atoms with Crippen LogP contribution in [0.25, 0.3) is 11.0 Å². The molecule has 1 aromatic carbocycles. The van der Waals surface area contributed by atoms with Gasteiger partial charge in [0.1, 0.15) is 28.6 Å². The minimum absolute atomic E-state index is 0.0901. The molecule has 27 heavy (non-hydrogen) atoms. The molecule has 0 fully saturated rings. The molecule has 0 aliphatic carbocycles. The summed E-state index contributed by atoms with van der Waals surface area (Å²) in [5.41, 5.74) is 0.204. The third-order valence-electron chi connectivity index (χ3n) is 3.51. The van der Waals surface area contributed by atoms with Gasteiger partial charge in [0.2, 0.25) is 5.91 Å². The number of rotatable bonds is 5. The van der Waals surface area contributed by atoms with Gasteiger partial charge in [-0.2, -0.15) is 13.9 Å². The Balaban J connectivity index is 1.77. The first kappa shape index (κ1) is 19.2. The molecule has 0 spiro atoms. The summed E-state index contributed by atoms with van der Waals surface area (Å²) in [6.07, 6.45) is 1.24. The smallest absolute Gasteiger partial charge is 0.387 e. The van der Waals surface area contributed by atoms with Crippen molar-refractivity contribution in [2.24, 2.45) is 7.05 Å². The zero-order valence-corrected chi connectivity index (χ0v) is 16.0. The van der Waals surface area contributed by atoms with Gasteiger partial charge in [0, 0.05) is 12.7 Å². The number of fused-ring (bicyclic) bond motifs is 1. The van der Waals surface area contributed by atoms with E-state index in [2.05, 4.69) is 36.1 Å². The van der Waals surface area contributed by atoms with E-state index in [1.807, 2.05) is 0 Å². The van der Waals surface area contributed by atoms with Crippen molar-refractivity contribution in [1.82, 2.24) is 19.3 Å². The Bertz CT molecular complexity index is 1090. The summed E-state index contributed by atoms with van der Waals surface area (Å²) in [6, 6.07) is 3.82. The molecule has 0 saturated heterocycles. The molecule has 142 valence electrons. The molecule has 0 radical (unpaired) electrons. The van der Waals surface area contributed by atoms with Gasteiger partial charge in [0.25, 0.3) is 5.56 Å². The van der Waals surface area contributed by atoms with Crippen LogP contribution in [-0.4, -0.2) is 31.9 Å². The Morgan fingerprint density at radius 3 is 2.85 bits per heavy atom. The van der Waals surface area contributed by atoms with E-state index in [1.165, 1.54) is 29.2 Å². The fourth-order valence-electron chi connectivity index (χ4n) is 2.37. The van der Waals surface area contributed by atoms with Crippen molar-refractivity contribution in [3.05, 3.63) is 44.5 Å². The van der Waals surface area contributed by atoms with Gasteiger partial charge in [-0.25, -0.2) is 9.67 Å². The zero-order valence-electron chi connectivity index (χ0n) is 13.6. The highest BCUT2D eigenvalue weighted by Crippen LogP contribution is 2.28. The van der Waals surface area contributed by atoms with Gasteiger partial charge in [0.05, 0.1) is 5.02 Å².